The van der Waals surface area contributed by atoms with Gasteiger partial charge in [0.15, 0.2) is 11.6 Å². The second-order valence-corrected chi connectivity index (χ2v) is 7.31. The van der Waals surface area contributed by atoms with Crippen molar-refractivity contribution < 1.29 is 9.84 Å². The molecule has 9 heteroatoms. The molecular weight excluding hydrogens is 348 g/mol. The summed E-state index contributed by atoms with van der Waals surface area (Å²) in [6, 6.07) is 1.68. The quantitative estimate of drug-likeness (QED) is 0.657. The Labute approximate surface area is 154 Å². The second-order valence-electron chi connectivity index (χ2n) is 7.31. The highest BCUT2D eigenvalue weighted by Crippen LogP contribution is 2.44. The SMILES string of the molecule is Cn1cc2c(n1)C(O)CC1(CCN(c3nccc4c(=O)[nH]cnc34)CC1)O2. The number of piperidine rings is 1. The number of fused-ring (bicyclic) bond motifs is 2. The Bertz CT molecular complexity index is 1070. The summed E-state index contributed by atoms with van der Waals surface area (Å²) in [5.74, 6) is 1.38. The van der Waals surface area contributed by atoms with Crippen molar-refractivity contribution in [2.24, 2.45) is 7.05 Å². The van der Waals surface area contributed by atoms with Gasteiger partial charge in [-0.25, -0.2) is 9.97 Å². The Morgan fingerprint density at radius 3 is 2.96 bits per heavy atom. The van der Waals surface area contributed by atoms with Crippen molar-refractivity contribution in [3.05, 3.63) is 40.8 Å². The standard InChI is InChI=1S/C18H20N6O3/c1-23-9-13-15(22-23)12(25)8-18(27-13)3-6-24(7-4-18)16-14-11(2-5-19-16)17(26)21-10-20-14/h2,5,9-10,12,25H,3-4,6-8H2,1H3,(H,20,21,26). The number of aromatic nitrogens is 5. The van der Waals surface area contributed by atoms with Gasteiger partial charge >= 0.3 is 0 Å². The molecule has 0 radical (unpaired) electrons. The third kappa shape index (κ3) is 2.57. The first-order chi connectivity index (χ1) is 13.0. The van der Waals surface area contributed by atoms with E-state index in [0.717, 1.165) is 12.8 Å². The molecule has 9 nitrogen and oxygen atoms in total. The zero-order valence-corrected chi connectivity index (χ0v) is 14.9. The molecule has 1 spiro atoms. The molecule has 1 atom stereocenters. The summed E-state index contributed by atoms with van der Waals surface area (Å²) in [5.41, 5.74) is 0.655. The number of hydrogen-bond donors (Lipinski definition) is 2. The first-order valence-electron chi connectivity index (χ1n) is 9.03. The lowest BCUT2D eigenvalue weighted by Crippen LogP contribution is -2.50. The molecule has 2 aliphatic rings. The Kier molecular flexibility index (Phi) is 3.48. The van der Waals surface area contributed by atoms with E-state index in [9.17, 15) is 9.90 Å². The van der Waals surface area contributed by atoms with E-state index in [0.29, 0.717) is 47.7 Å². The summed E-state index contributed by atoms with van der Waals surface area (Å²) in [6.07, 6.45) is 6.28. The lowest BCUT2D eigenvalue weighted by atomic mass is 9.83. The molecule has 2 N–H and O–H groups in total. The lowest BCUT2D eigenvalue weighted by Gasteiger charge is -2.45. The summed E-state index contributed by atoms with van der Waals surface area (Å²) in [5, 5.41) is 15.3. The average Bonchev–Trinajstić information content (AvgIpc) is 3.03. The largest absolute Gasteiger partial charge is 0.483 e. The molecule has 0 bridgehead atoms. The average molecular weight is 368 g/mol. The van der Waals surface area contributed by atoms with E-state index < -0.39 is 11.7 Å². The molecule has 5 heterocycles. The molecule has 1 saturated heterocycles. The molecule has 140 valence electrons. The fraction of sp³-hybridized carbons (Fsp3) is 0.444. The van der Waals surface area contributed by atoms with Gasteiger partial charge in [0.25, 0.3) is 5.56 Å². The van der Waals surface area contributed by atoms with Crippen LogP contribution in [0.4, 0.5) is 5.82 Å². The number of aliphatic hydroxyl groups is 1. The number of ether oxygens (including phenoxy) is 1. The summed E-state index contributed by atoms with van der Waals surface area (Å²) < 4.78 is 7.95. The normalized spacial score (nSPS) is 21.3. The Morgan fingerprint density at radius 2 is 2.15 bits per heavy atom. The minimum Gasteiger partial charge on any atom is -0.483 e. The topological polar surface area (TPSA) is 109 Å². The minimum absolute atomic E-state index is 0.167. The van der Waals surface area contributed by atoms with Crippen LogP contribution in [0.1, 0.15) is 31.1 Å². The third-order valence-corrected chi connectivity index (χ3v) is 5.54. The molecular formula is C18H20N6O3. The lowest BCUT2D eigenvalue weighted by molar-refractivity contribution is -0.0311. The first kappa shape index (κ1) is 16.2. The maximum absolute atomic E-state index is 12.0. The number of nitrogens with zero attached hydrogens (tertiary/aromatic N) is 5. The van der Waals surface area contributed by atoms with Crippen LogP contribution < -0.4 is 15.2 Å². The fourth-order valence-corrected chi connectivity index (χ4v) is 4.17. The molecule has 1 fully saturated rings. The molecule has 3 aromatic rings. The monoisotopic (exact) mass is 368 g/mol. The van der Waals surface area contributed by atoms with Crippen LogP contribution in [0.3, 0.4) is 0 Å². The van der Waals surface area contributed by atoms with Crippen LogP contribution in [0, 0.1) is 0 Å². The number of pyridine rings is 1. The minimum atomic E-state index is -0.614. The van der Waals surface area contributed by atoms with Gasteiger partial charge < -0.3 is 19.7 Å². The summed E-state index contributed by atoms with van der Waals surface area (Å²) in [4.78, 5) is 25.5. The van der Waals surface area contributed by atoms with Crippen molar-refractivity contribution in [3.63, 3.8) is 0 Å². The number of rotatable bonds is 1. The van der Waals surface area contributed by atoms with Gasteiger partial charge in [-0.15, -0.1) is 0 Å². The Hall–Kier alpha value is -2.94. The maximum Gasteiger partial charge on any atom is 0.258 e. The highest BCUT2D eigenvalue weighted by molar-refractivity contribution is 5.87. The van der Waals surface area contributed by atoms with Crippen molar-refractivity contribution in [1.29, 1.82) is 0 Å². The van der Waals surface area contributed by atoms with E-state index in [-0.39, 0.29) is 5.56 Å². The molecule has 27 heavy (non-hydrogen) atoms. The van der Waals surface area contributed by atoms with E-state index in [1.54, 1.807) is 16.9 Å². The van der Waals surface area contributed by atoms with Gasteiger partial charge in [-0.05, 0) is 6.07 Å². The van der Waals surface area contributed by atoms with Crippen molar-refractivity contribution in [2.75, 3.05) is 18.0 Å². The molecule has 0 saturated carbocycles. The molecule has 5 rings (SSSR count). The predicted octanol–water partition coefficient (Wildman–Crippen LogP) is 0.907. The molecule has 0 aliphatic carbocycles. The maximum atomic E-state index is 12.0. The van der Waals surface area contributed by atoms with Gasteiger partial charge in [-0.2, -0.15) is 5.10 Å². The van der Waals surface area contributed by atoms with Crippen LogP contribution in [0.2, 0.25) is 0 Å². The molecule has 1 unspecified atom stereocenters. The van der Waals surface area contributed by atoms with Crippen molar-refractivity contribution in [1.82, 2.24) is 24.7 Å². The van der Waals surface area contributed by atoms with Crippen molar-refractivity contribution >= 4 is 16.7 Å². The Morgan fingerprint density at radius 1 is 1.33 bits per heavy atom. The van der Waals surface area contributed by atoms with Crippen LogP contribution in [-0.4, -0.2) is 48.5 Å². The van der Waals surface area contributed by atoms with Crippen LogP contribution in [-0.2, 0) is 7.05 Å². The number of hydrogen-bond acceptors (Lipinski definition) is 7. The van der Waals surface area contributed by atoms with Gasteiger partial charge in [0.05, 0.1) is 17.9 Å². The number of aryl methyl sites for hydroxylation is 1. The molecule has 3 aromatic heterocycles. The number of H-pyrrole nitrogens is 1. The number of aromatic amines is 1. The highest BCUT2D eigenvalue weighted by Gasteiger charge is 2.44. The Balaban J connectivity index is 1.41. The van der Waals surface area contributed by atoms with Crippen LogP contribution in [0.5, 0.6) is 5.75 Å². The number of nitrogens with one attached hydrogen (secondary N) is 1. The fourth-order valence-electron chi connectivity index (χ4n) is 4.17. The first-order valence-corrected chi connectivity index (χ1v) is 9.03. The van der Waals surface area contributed by atoms with E-state index in [2.05, 4.69) is 25.0 Å². The summed E-state index contributed by atoms with van der Waals surface area (Å²) in [6.45, 7) is 1.42. The molecule has 0 aromatic carbocycles. The van der Waals surface area contributed by atoms with Crippen molar-refractivity contribution in [3.8, 4) is 5.75 Å². The van der Waals surface area contributed by atoms with E-state index >= 15 is 0 Å². The van der Waals surface area contributed by atoms with Crippen molar-refractivity contribution in [2.45, 2.75) is 31.0 Å². The number of aliphatic hydroxyl groups excluding tert-OH is 1. The van der Waals surface area contributed by atoms with Gasteiger partial charge in [-0.3, -0.25) is 9.48 Å². The zero-order chi connectivity index (χ0) is 18.6. The van der Waals surface area contributed by atoms with Crippen LogP contribution in [0.25, 0.3) is 10.9 Å². The van der Waals surface area contributed by atoms with Crippen LogP contribution >= 0.6 is 0 Å². The number of anilines is 1. The second kappa shape index (κ2) is 5.78. The van der Waals surface area contributed by atoms with Gasteiger partial charge in [0.1, 0.15) is 22.9 Å². The molecule has 2 aliphatic heterocycles. The van der Waals surface area contributed by atoms with E-state index in [1.807, 2.05) is 13.2 Å². The van der Waals surface area contributed by atoms with E-state index in [4.69, 9.17) is 4.74 Å². The van der Waals surface area contributed by atoms with Gasteiger partial charge in [0.2, 0.25) is 0 Å². The zero-order valence-electron chi connectivity index (χ0n) is 14.9. The smallest absolute Gasteiger partial charge is 0.258 e. The van der Waals surface area contributed by atoms with E-state index in [1.165, 1.54) is 6.33 Å². The summed E-state index contributed by atoms with van der Waals surface area (Å²) in [7, 11) is 1.82. The summed E-state index contributed by atoms with van der Waals surface area (Å²) >= 11 is 0. The van der Waals surface area contributed by atoms with Gasteiger partial charge in [-0.1, -0.05) is 0 Å². The van der Waals surface area contributed by atoms with Gasteiger partial charge in [0, 0.05) is 45.6 Å². The van der Waals surface area contributed by atoms with Crippen LogP contribution in [0.15, 0.2) is 29.6 Å². The third-order valence-electron chi connectivity index (χ3n) is 5.54. The highest BCUT2D eigenvalue weighted by atomic mass is 16.5. The predicted molar refractivity (Wildman–Crippen MR) is 97.7 cm³/mol. The molecule has 0 amide bonds.